The number of hydrogen-bond acceptors (Lipinski definition) is 2. The number of carbonyl (C=O) groups is 1. The molecule has 1 atom stereocenters. The van der Waals surface area contributed by atoms with Crippen LogP contribution in [-0.4, -0.2) is 19.6 Å². The van der Waals surface area contributed by atoms with Gasteiger partial charge in [0.1, 0.15) is 5.38 Å². The Bertz CT molecular complexity index is 368. The van der Waals surface area contributed by atoms with E-state index >= 15 is 0 Å². The van der Waals surface area contributed by atoms with E-state index in [0.717, 1.165) is 17.5 Å². The van der Waals surface area contributed by atoms with Gasteiger partial charge in [0.2, 0.25) is 5.91 Å². The minimum Gasteiger partial charge on any atom is -0.380 e. The van der Waals surface area contributed by atoms with Gasteiger partial charge in [0.05, 0.1) is 6.61 Å². The van der Waals surface area contributed by atoms with Crippen molar-refractivity contribution in [3.8, 4) is 0 Å². The minimum absolute atomic E-state index is 0.155. The van der Waals surface area contributed by atoms with Crippen molar-refractivity contribution in [1.82, 2.24) is 5.32 Å². The number of alkyl halides is 1. The molecule has 0 heterocycles. The molecule has 1 N–H and O–H groups in total. The lowest BCUT2D eigenvalue weighted by molar-refractivity contribution is -0.120. The van der Waals surface area contributed by atoms with E-state index < -0.39 is 5.38 Å². The number of rotatable bonds is 6. The molecule has 0 aliphatic carbocycles. The molecule has 0 saturated carbocycles. The van der Waals surface area contributed by atoms with Crippen LogP contribution < -0.4 is 5.32 Å². The fourth-order valence-electron chi connectivity index (χ4n) is 1.55. The number of carbonyl (C=O) groups excluding carboxylic acids is 1. The summed E-state index contributed by atoms with van der Waals surface area (Å²) in [5, 5.41) is 2.13. The molecular formula is C13H18ClNO2. The summed E-state index contributed by atoms with van der Waals surface area (Å²) in [6.45, 7) is 3.11. The summed E-state index contributed by atoms with van der Waals surface area (Å²) < 4.78 is 5.09. The van der Waals surface area contributed by atoms with Gasteiger partial charge in [-0.15, -0.1) is 11.6 Å². The maximum absolute atomic E-state index is 11.8. The Hall–Kier alpha value is -1.06. The summed E-state index contributed by atoms with van der Waals surface area (Å²) in [5.74, 6) is -0.155. The topological polar surface area (TPSA) is 38.3 Å². The van der Waals surface area contributed by atoms with E-state index in [9.17, 15) is 4.79 Å². The first-order chi connectivity index (χ1) is 8.20. The third-order valence-corrected chi connectivity index (χ3v) is 2.84. The highest BCUT2D eigenvalue weighted by Gasteiger charge is 2.19. The van der Waals surface area contributed by atoms with E-state index in [0.29, 0.717) is 13.2 Å². The molecule has 0 fully saturated rings. The van der Waals surface area contributed by atoms with Crippen molar-refractivity contribution in [2.45, 2.75) is 25.3 Å². The fraction of sp³-hybridized carbons (Fsp3) is 0.462. The van der Waals surface area contributed by atoms with Crippen molar-refractivity contribution >= 4 is 17.5 Å². The summed E-state index contributed by atoms with van der Waals surface area (Å²) in [7, 11) is 1.62. The Labute approximate surface area is 107 Å². The van der Waals surface area contributed by atoms with Crippen molar-refractivity contribution < 1.29 is 9.53 Å². The molecule has 1 unspecified atom stereocenters. The van der Waals surface area contributed by atoms with Crippen LogP contribution in [-0.2, 0) is 16.1 Å². The molecule has 1 aromatic rings. The SMILES string of the molecule is CCCNC(=O)C(Cl)c1ccccc1COC. The van der Waals surface area contributed by atoms with Gasteiger partial charge in [0, 0.05) is 13.7 Å². The van der Waals surface area contributed by atoms with Crippen molar-refractivity contribution in [3.63, 3.8) is 0 Å². The monoisotopic (exact) mass is 255 g/mol. The number of benzene rings is 1. The molecule has 0 bridgehead atoms. The van der Waals surface area contributed by atoms with Gasteiger partial charge in [-0.1, -0.05) is 31.2 Å². The van der Waals surface area contributed by atoms with Crippen LogP contribution in [0.4, 0.5) is 0 Å². The average molecular weight is 256 g/mol. The van der Waals surface area contributed by atoms with Gasteiger partial charge >= 0.3 is 0 Å². The molecule has 1 amide bonds. The van der Waals surface area contributed by atoms with Gasteiger partial charge in [-0.25, -0.2) is 0 Å². The molecule has 1 rings (SSSR count). The van der Waals surface area contributed by atoms with E-state index in [4.69, 9.17) is 16.3 Å². The van der Waals surface area contributed by atoms with Crippen molar-refractivity contribution in [1.29, 1.82) is 0 Å². The van der Waals surface area contributed by atoms with Crippen LogP contribution in [0.5, 0.6) is 0 Å². The standard InChI is InChI=1S/C13H18ClNO2/c1-3-8-15-13(16)12(14)11-7-5-4-6-10(11)9-17-2/h4-7,12H,3,8-9H2,1-2H3,(H,15,16). The molecule has 0 aliphatic rings. The number of halogens is 1. The summed E-state index contributed by atoms with van der Waals surface area (Å²) in [6.07, 6.45) is 0.898. The molecule has 1 aromatic carbocycles. The summed E-state index contributed by atoms with van der Waals surface area (Å²) >= 11 is 6.17. The maximum atomic E-state index is 11.8. The zero-order valence-electron chi connectivity index (χ0n) is 10.2. The van der Waals surface area contributed by atoms with Crippen LogP contribution in [0.1, 0.15) is 29.8 Å². The minimum atomic E-state index is -0.659. The quantitative estimate of drug-likeness (QED) is 0.794. The molecule has 4 heteroatoms. The molecule has 0 aliphatic heterocycles. The molecule has 0 aromatic heterocycles. The van der Waals surface area contributed by atoms with E-state index in [2.05, 4.69) is 5.32 Å². The van der Waals surface area contributed by atoms with Gasteiger partial charge in [0.15, 0.2) is 0 Å². The molecule has 17 heavy (non-hydrogen) atoms. The van der Waals surface area contributed by atoms with Crippen LogP contribution in [0.3, 0.4) is 0 Å². The van der Waals surface area contributed by atoms with Gasteiger partial charge in [0.25, 0.3) is 0 Å². The Kier molecular flexibility index (Phi) is 6.01. The number of ether oxygens (including phenoxy) is 1. The Morgan fingerprint density at radius 3 is 2.82 bits per heavy atom. The van der Waals surface area contributed by atoms with Gasteiger partial charge < -0.3 is 10.1 Å². The Balaban J connectivity index is 2.79. The maximum Gasteiger partial charge on any atom is 0.242 e. The molecule has 0 spiro atoms. The molecular weight excluding hydrogens is 238 g/mol. The number of methoxy groups -OCH3 is 1. The Morgan fingerprint density at radius 1 is 1.47 bits per heavy atom. The van der Waals surface area contributed by atoms with E-state index in [1.165, 1.54) is 0 Å². The highest BCUT2D eigenvalue weighted by molar-refractivity contribution is 6.30. The third-order valence-electron chi connectivity index (χ3n) is 2.41. The second-order valence-corrected chi connectivity index (χ2v) is 4.22. The smallest absolute Gasteiger partial charge is 0.242 e. The predicted molar refractivity (Wildman–Crippen MR) is 69.0 cm³/mol. The summed E-state index contributed by atoms with van der Waals surface area (Å²) in [5.41, 5.74) is 1.76. The first kappa shape index (κ1) is 14.0. The first-order valence-electron chi connectivity index (χ1n) is 5.69. The van der Waals surface area contributed by atoms with Crippen LogP contribution in [0.15, 0.2) is 24.3 Å². The van der Waals surface area contributed by atoms with Crippen molar-refractivity contribution in [2.75, 3.05) is 13.7 Å². The normalized spacial score (nSPS) is 12.2. The Morgan fingerprint density at radius 2 is 2.18 bits per heavy atom. The predicted octanol–water partition coefficient (Wildman–Crippen LogP) is 2.64. The largest absolute Gasteiger partial charge is 0.380 e. The summed E-state index contributed by atoms with van der Waals surface area (Å²) in [4.78, 5) is 11.8. The van der Waals surface area contributed by atoms with E-state index in [-0.39, 0.29) is 5.91 Å². The number of hydrogen-bond donors (Lipinski definition) is 1. The van der Waals surface area contributed by atoms with E-state index in [1.807, 2.05) is 31.2 Å². The highest BCUT2D eigenvalue weighted by atomic mass is 35.5. The zero-order chi connectivity index (χ0) is 12.7. The van der Waals surface area contributed by atoms with E-state index in [1.54, 1.807) is 7.11 Å². The lowest BCUT2D eigenvalue weighted by Gasteiger charge is -2.14. The summed E-state index contributed by atoms with van der Waals surface area (Å²) in [6, 6.07) is 7.56. The van der Waals surface area contributed by atoms with Crippen LogP contribution in [0.2, 0.25) is 0 Å². The second-order valence-electron chi connectivity index (χ2n) is 3.79. The van der Waals surface area contributed by atoms with Crippen LogP contribution >= 0.6 is 11.6 Å². The molecule has 0 radical (unpaired) electrons. The number of amides is 1. The second kappa shape index (κ2) is 7.30. The van der Waals surface area contributed by atoms with Gasteiger partial charge in [-0.2, -0.15) is 0 Å². The lowest BCUT2D eigenvalue weighted by atomic mass is 10.0. The zero-order valence-corrected chi connectivity index (χ0v) is 11.0. The molecule has 3 nitrogen and oxygen atoms in total. The molecule has 94 valence electrons. The lowest BCUT2D eigenvalue weighted by Crippen LogP contribution is -2.28. The van der Waals surface area contributed by atoms with Crippen LogP contribution in [0, 0.1) is 0 Å². The van der Waals surface area contributed by atoms with Gasteiger partial charge in [-0.3, -0.25) is 4.79 Å². The van der Waals surface area contributed by atoms with Gasteiger partial charge in [-0.05, 0) is 17.5 Å². The first-order valence-corrected chi connectivity index (χ1v) is 6.12. The molecule has 0 saturated heterocycles. The average Bonchev–Trinajstić information content (AvgIpc) is 2.36. The third kappa shape index (κ3) is 4.02. The van der Waals surface area contributed by atoms with Crippen LogP contribution in [0.25, 0.3) is 0 Å². The number of nitrogens with one attached hydrogen (secondary N) is 1. The van der Waals surface area contributed by atoms with Crippen molar-refractivity contribution in [2.24, 2.45) is 0 Å². The van der Waals surface area contributed by atoms with Crippen molar-refractivity contribution in [3.05, 3.63) is 35.4 Å². The highest BCUT2D eigenvalue weighted by Crippen LogP contribution is 2.24. The fourth-order valence-corrected chi connectivity index (χ4v) is 1.84.